The number of carbonyl (C=O) groups is 2. The molecule has 0 aliphatic heterocycles. The zero-order valence-corrected chi connectivity index (χ0v) is 11.7. The molecule has 1 atom stereocenters. The summed E-state index contributed by atoms with van der Waals surface area (Å²) in [6.45, 7) is -0.457. The van der Waals surface area contributed by atoms with Crippen molar-refractivity contribution in [2.24, 2.45) is 5.92 Å². The van der Waals surface area contributed by atoms with Crippen molar-refractivity contribution in [1.82, 2.24) is 5.32 Å². The van der Waals surface area contributed by atoms with Gasteiger partial charge in [0.05, 0.1) is 0 Å². The van der Waals surface area contributed by atoms with E-state index < -0.39 is 43.0 Å². The molecule has 0 aliphatic carbocycles. The summed E-state index contributed by atoms with van der Waals surface area (Å²) in [7, 11) is 0. The third-order valence-corrected chi connectivity index (χ3v) is 2.79. The van der Waals surface area contributed by atoms with Crippen molar-refractivity contribution in [1.29, 1.82) is 0 Å². The van der Waals surface area contributed by atoms with E-state index in [1.165, 1.54) is 12.1 Å². The quantitative estimate of drug-likeness (QED) is 0.793. The highest BCUT2D eigenvalue weighted by atomic mass is 19.4. The minimum absolute atomic E-state index is 0.405. The Bertz CT molecular complexity index is 558. The maximum atomic E-state index is 12.6. The van der Waals surface area contributed by atoms with Gasteiger partial charge in [0.25, 0.3) is 0 Å². The lowest BCUT2D eigenvalue weighted by atomic mass is 9.98. The van der Waals surface area contributed by atoms with Crippen LogP contribution in [0.15, 0.2) is 30.3 Å². The molecule has 1 aromatic rings. The van der Waals surface area contributed by atoms with Crippen molar-refractivity contribution in [2.45, 2.75) is 25.0 Å². The number of carbonyl (C=O) groups excluding carboxylic acids is 1. The van der Waals surface area contributed by atoms with Gasteiger partial charge in [-0.1, -0.05) is 30.3 Å². The first-order valence-corrected chi connectivity index (χ1v) is 6.26. The molecule has 0 aliphatic rings. The third-order valence-electron chi connectivity index (χ3n) is 2.79. The number of carboxylic acid groups (broad SMARTS) is 1. The molecular weight excluding hydrogens is 348 g/mol. The smallest absolute Gasteiger partial charge is 0.408 e. The van der Waals surface area contributed by atoms with Crippen LogP contribution < -0.4 is 5.32 Å². The normalized spacial score (nSPS) is 13.5. The molecule has 134 valence electrons. The molecule has 0 saturated carbocycles. The van der Waals surface area contributed by atoms with Crippen LogP contribution in [-0.4, -0.2) is 35.6 Å². The molecule has 1 rings (SSSR count). The van der Waals surface area contributed by atoms with Gasteiger partial charge in [-0.3, -0.25) is 0 Å². The first-order chi connectivity index (χ1) is 10.9. The lowest BCUT2D eigenvalue weighted by molar-refractivity contribution is -0.290. The first-order valence-electron chi connectivity index (χ1n) is 6.26. The Morgan fingerprint density at radius 1 is 1.04 bits per heavy atom. The molecule has 5 nitrogen and oxygen atoms in total. The Labute approximate surface area is 131 Å². The highest BCUT2D eigenvalue weighted by Crippen LogP contribution is 2.41. The summed E-state index contributed by atoms with van der Waals surface area (Å²) >= 11 is 0. The molecule has 0 heterocycles. The minimum Gasteiger partial charge on any atom is -0.480 e. The second kappa shape index (κ2) is 7.41. The number of aliphatic carboxylic acids is 1. The van der Waals surface area contributed by atoms with E-state index in [1.807, 2.05) is 0 Å². The van der Waals surface area contributed by atoms with E-state index in [0.29, 0.717) is 5.56 Å². The Hall–Kier alpha value is -2.46. The van der Waals surface area contributed by atoms with Crippen molar-refractivity contribution in [2.75, 3.05) is 0 Å². The molecular formula is C13H11F6NO4. The Balaban J connectivity index is 2.84. The van der Waals surface area contributed by atoms with Crippen LogP contribution in [0.2, 0.25) is 0 Å². The fraction of sp³-hybridized carbons (Fsp3) is 0.385. The van der Waals surface area contributed by atoms with Crippen LogP contribution in [0.5, 0.6) is 0 Å². The third kappa shape index (κ3) is 5.63. The van der Waals surface area contributed by atoms with Gasteiger partial charge in [-0.15, -0.1) is 0 Å². The Morgan fingerprint density at radius 3 is 1.96 bits per heavy atom. The topological polar surface area (TPSA) is 75.6 Å². The summed E-state index contributed by atoms with van der Waals surface area (Å²) in [6, 6.07) is 4.43. The summed E-state index contributed by atoms with van der Waals surface area (Å²) in [5.41, 5.74) is 0.405. The van der Waals surface area contributed by atoms with Gasteiger partial charge in [0.1, 0.15) is 12.6 Å². The summed E-state index contributed by atoms with van der Waals surface area (Å²) < 4.78 is 79.7. The maximum Gasteiger partial charge on any atom is 0.408 e. The van der Waals surface area contributed by atoms with Crippen molar-refractivity contribution in [3.05, 3.63) is 35.9 Å². The number of rotatable bonds is 5. The van der Waals surface area contributed by atoms with Crippen LogP contribution in [0.1, 0.15) is 5.56 Å². The average Bonchev–Trinajstić information content (AvgIpc) is 2.42. The summed E-state index contributed by atoms with van der Waals surface area (Å²) in [5.74, 6) is -6.77. The molecule has 24 heavy (non-hydrogen) atoms. The summed E-state index contributed by atoms with van der Waals surface area (Å²) in [4.78, 5) is 22.1. The van der Waals surface area contributed by atoms with Gasteiger partial charge in [0.15, 0.2) is 5.92 Å². The SMILES string of the molecule is O=C(N[C@H](C(=O)O)C(C(F)(F)F)C(F)(F)F)OCc1ccccc1. The summed E-state index contributed by atoms with van der Waals surface area (Å²) in [5, 5.41) is 9.73. The number of alkyl carbamates (subject to hydrolysis) is 1. The van der Waals surface area contributed by atoms with E-state index in [2.05, 4.69) is 4.74 Å². The molecule has 0 bridgehead atoms. The number of nitrogens with one attached hydrogen (secondary N) is 1. The van der Waals surface area contributed by atoms with Crippen LogP contribution >= 0.6 is 0 Å². The highest BCUT2D eigenvalue weighted by molar-refractivity contribution is 5.80. The van der Waals surface area contributed by atoms with E-state index in [1.54, 1.807) is 18.2 Å². The van der Waals surface area contributed by atoms with E-state index in [9.17, 15) is 35.9 Å². The number of ether oxygens (including phenoxy) is 1. The van der Waals surface area contributed by atoms with Gasteiger partial charge < -0.3 is 15.2 Å². The van der Waals surface area contributed by atoms with E-state index >= 15 is 0 Å². The van der Waals surface area contributed by atoms with Crippen LogP contribution in [0.4, 0.5) is 31.1 Å². The number of alkyl halides is 6. The average molecular weight is 359 g/mol. The van der Waals surface area contributed by atoms with Crippen molar-refractivity contribution < 1.29 is 45.8 Å². The van der Waals surface area contributed by atoms with Crippen LogP contribution in [0.25, 0.3) is 0 Å². The van der Waals surface area contributed by atoms with Gasteiger partial charge >= 0.3 is 24.4 Å². The molecule has 0 spiro atoms. The molecule has 0 saturated heterocycles. The minimum atomic E-state index is -5.92. The predicted octanol–water partition coefficient (Wildman–Crippen LogP) is 3.11. The summed E-state index contributed by atoms with van der Waals surface area (Å²) in [6.07, 6.45) is -13.6. The molecule has 1 amide bonds. The fourth-order valence-electron chi connectivity index (χ4n) is 1.74. The van der Waals surface area contributed by atoms with Gasteiger partial charge in [-0.05, 0) is 5.56 Å². The predicted molar refractivity (Wildman–Crippen MR) is 66.8 cm³/mol. The number of hydrogen-bond acceptors (Lipinski definition) is 3. The first kappa shape index (κ1) is 19.6. The lowest BCUT2D eigenvalue weighted by Crippen LogP contribution is -2.56. The second-order valence-corrected chi connectivity index (χ2v) is 4.58. The molecule has 0 aromatic heterocycles. The van der Waals surface area contributed by atoms with E-state index in [4.69, 9.17) is 5.11 Å². The monoisotopic (exact) mass is 359 g/mol. The van der Waals surface area contributed by atoms with Gasteiger partial charge in [0, 0.05) is 0 Å². The zero-order chi connectivity index (χ0) is 18.5. The number of benzene rings is 1. The molecule has 1 aromatic carbocycles. The zero-order valence-electron chi connectivity index (χ0n) is 11.7. The van der Waals surface area contributed by atoms with Crippen molar-refractivity contribution in [3.63, 3.8) is 0 Å². The number of carboxylic acids is 1. The Kier molecular flexibility index (Phi) is 6.04. The maximum absolute atomic E-state index is 12.6. The van der Waals surface area contributed by atoms with Gasteiger partial charge in [-0.25, -0.2) is 9.59 Å². The van der Waals surface area contributed by atoms with Crippen molar-refractivity contribution >= 4 is 12.1 Å². The molecule has 11 heteroatoms. The van der Waals surface area contributed by atoms with Gasteiger partial charge in [-0.2, -0.15) is 26.3 Å². The molecule has 0 radical (unpaired) electrons. The standard InChI is InChI=1S/C13H11F6NO4/c14-12(15,16)9(13(17,18)19)8(10(21)22)20-11(23)24-6-7-4-2-1-3-5-7/h1-5,8-9H,6H2,(H,20,23)(H,21,22)/t8-/m0/s1. The highest BCUT2D eigenvalue weighted by Gasteiger charge is 2.62. The van der Waals surface area contributed by atoms with E-state index in [0.717, 1.165) is 5.32 Å². The second-order valence-electron chi connectivity index (χ2n) is 4.58. The van der Waals surface area contributed by atoms with Crippen LogP contribution in [0.3, 0.4) is 0 Å². The largest absolute Gasteiger partial charge is 0.480 e. The van der Waals surface area contributed by atoms with Crippen molar-refractivity contribution in [3.8, 4) is 0 Å². The number of halogens is 6. The lowest BCUT2D eigenvalue weighted by Gasteiger charge is -2.28. The molecule has 0 fully saturated rings. The van der Waals surface area contributed by atoms with E-state index in [-0.39, 0.29) is 0 Å². The number of amides is 1. The van der Waals surface area contributed by atoms with Gasteiger partial charge in [0.2, 0.25) is 0 Å². The van der Waals surface area contributed by atoms with Crippen LogP contribution in [0, 0.1) is 5.92 Å². The molecule has 2 N–H and O–H groups in total. The molecule has 0 unspecified atom stereocenters. The van der Waals surface area contributed by atoms with Crippen LogP contribution in [-0.2, 0) is 16.1 Å². The Morgan fingerprint density at radius 2 is 1.54 bits per heavy atom. The fourth-order valence-corrected chi connectivity index (χ4v) is 1.74. The number of hydrogen-bond donors (Lipinski definition) is 2.